The molecule has 0 amide bonds. The molecule has 0 atom stereocenters. The Hall–Kier alpha value is -1.58. The number of nitrogens with zero attached hydrogens (tertiary/aromatic N) is 1. The standard InChI is InChI=1S/C7H6FN3/c8-4-3-11-5-1-2-10-7(9)6(4)5/h1-3,11H,(H2,9,10). The topological polar surface area (TPSA) is 54.7 Å². The van der Waals surface area contributed by atoms with Gasteiger partial charge in [0.1, 0.15) is 5.82 Å². The fourth-order valence-electron chi connectivity index (χ4n) is 1.06. The summed E-state index contributed by atoms with van der Waals surface area (Å²) < 4.78 is 12.9. The molecular formula is C7H6FN3. The Kier molecular flexibility index (Phi) is 1.09. The van der Waals surface area contributed by atoms with Gasteiger partial charge in [0.15, 0.2) is 5.82 Å². The molecule has 0 saturated heterocycles. The van der Waals surface area contributed by atoms with Crippen molar-refractivity contribution in [1.29, 1.82) is 0 Å². The molecule has 2 heterocycles. The maximum absolute atomic E-state index is 12.9. The van der Waals surface area contributed by atoms with Gasteiger partial charge in [0.25, 0.3) is 0 Å². The van der Waals surface area contributed by atoms with Crippen molar-refractivity contribution in [2.45, 2.75) is 0 Å². The highest BCUT2D eigenvalue weighted by Gasteiger charge is 2.05. The zero-order valence-corrected chi connectivity index (χ0v) is 5.63. The van der Waals surface area contributed by atoms with E-state index in [1.54, 1.807) is 6.07 Å². The van der Waals surface area contributed by atoms with Crippen molar-refractivity contribution in [3.63, 3.8) is 0 Å². The minimum absolute atomic E-state index is 0.223. The molecule has 2 rings (SSSR count). The fourth-order valence-corrected chi connectivity index (χ4v) is 1.06. The molecule has 2 aromatic heterocycles. The van der Waals surface area contributed by atoms with Crippen molar-refractivity contribution in [2.75, 3.05) is 5.73 Å². The molecule has 0 aliphatic carbocycles. The molecule has 4 heteroatoms. The minimum atomic E-state index is -0.356. The predicted molar refractivity (Wildman–Crippen MR) is 40.5 cm³/mol. The highest BCUT2D eigenvalue weighted by molar-refractivity contribution is 5.88. The first-order chi connectivity index (χ1) is 5.29. The van der Waals surface area contributed by atoms with E-state index in [9.17, 15) is 4.39 Å². The number of anilines is 1. The first-order valence-electron chi connectivity index (χ1n) is 3.16. The summed E-state index contributed by atoms with van der Waals surface area (Å²) in [5.41, 5.74) is 6.11. The monoisotopic (exact) mass is 151 g/mol. The van der Waals surface area contributed by atoms with Crippen LogP contribution in [0.1, 0.15) is 0 Å². The number of halogens is 1. The first-order valence-corrected chi connectivity index (χ1v) is 3.16. The third kappa shape index (κ3) is 0.756. The van der Waals surface area contributed by atoms with E-state index in [1.807, 2.05) is 0 Å². The Morgan fingerprint density at radius 2 is 2.36 bits per heavy atom. The van der Waals surface area contributed by atoms with Crippen molar-refractivity contribution in [3.8, 4) is 0 Å². The molecule has 0 fully saturated rings. The zero-order valence-electron chi connectivity index (χ0n) is 5.63. The van der Waals surface area contributed by atoms with Crippen LogP contribution in [0.4, 0.5) is 10.2 Å². The van der Waals surface area contributed by atoms with E-state index in [-0.39, 0.29) is 11.6 Å². The van der Waals surface area contributed by atoms with E-state index in [2.05, 4.69) is 9.97 Å². The minimum Gasteiger partial charge on any atom is -0.383 e. The molecule has 3 N–H and O–H groups in total. The normalized spacial score (nSPS) is 10.6. The molecule has 0 spiro atoms. The third-order valence-electron chi connectivity index (χ3n) is 1.57. The van der Waals surface area contributed by atoms with Gasteiger partial charge in [-0.05, 0) is 6.07 Å². The van der Waals surface area contributed by atoms with Crippen molar-refractivity contribution < 1.29 is 4.39 Å². The second-order valence-electron chi connectivity index (χ2n) is 2.26. The second-order valence-corrected chi connectivity index (χ2v) is 2.26. The van der Waals surface area contributed by atoms with Crippen LogP contribution >= 0.6 is 0 Å². The van der Waals surface area contributed by atoms with Crippen molar-refractivity contribution >= 4 is 16.7 Å². The van der Waals surface area contributed by atoms with Gasteiger partial charge in [-0.3, -0.25) is 0 Å². The van der Waals surface area contributed by atoms with Crippen molar-refractivity contribution in [1.82, 2.24) is 9.97 Å². The summed E-state index contributed by atoms with van der Waals surface area (Å²) in [6.07, 6.45) is 2.80. The summed E-state index contributed by atoms with van der Waals surface area (Å²) in [7, 11) is 0. The molecule has 2 aromatic rings. The van der Waals surface area contributed by atoms with Gasteiger partial charge in [-0.1, -0.05) is 0 Å². The summed E-state index contributed by atoms with van der Waals surface area (Å²) >= 11 is 0. The van der Waals surface area contributed by atoms with Crippen LogP contribution in [0.2, 0.25) is 0 Å². The van der Waals surface area contributed by atoms with Gasteiger partial charge >= 0.3 is 0 Å². The Bertz CT molecular complexity index is 393. The Morgan fingerprint density at radius 3 is 3.09 bits per heavy atom. The quantitative estimate of drug-likeness (QED) is 0.596. The SMILES string of the molecule is Nc1nccc2[nH]cc(F)c12. The Balaban J connectivity index is 2.96. The van der Waals surface area contributed by atoms with E-state index in [0.717, 1.165) is 0 Å². The summed E-state index contributed by atoms with van der Waals surface area (Å²) in [5.74, 6) is -0.133. The molecule has 0 unspecified atom stereocenters. The van der Waals surface area contributed by atoms with E-state index >= 15 is 0 Å². The van der Waals surface area contributed by atoms with Crippen LogP contribution in [0.3, 0.4) is 0 Å². The van der Waals surface area contributed by atoms with Gasteiger partial charge in [-0.25, -0.2) is 9.37 Å². The Labute approximate surface area is 62.0 Å². The maximum Gasteiger partial charge on any atom is 0.152 e. The summed E-state index contributed by atoms with van der Waals surface area (Å²) in [4.78, 5) is 6.49. The van der Waals surface area contributed by atoms with Gasteiger partial charge in [0.2, 0.25) is 0 Å². The molecule has 0 saturated carbocycles. The third-order valence-corrected chi connectivity index (χ3v) is 1.57. The average Bonchev–Trinajstić information content (AvgIpc) is 2.34. The number of pyridine rings is 1. The molecule has 3 nitrogen and oxygen atoms in total. The van der Waals surface area contributed by atoms with Crippen molar-refractivity contribution in [3.05, 3.63) is 24.3 Å². The van der Waals surface area contributed by atoms with Crippen LogP contribution in [0.25, 0.3) is 10.9 Å². The highest BCUT2D eigenvalue weighted by Crippen LogP contribution is 2.20. The lowest BCUT2D eigenvalue weighted by Gasteiger charge is -1.92. The van der Waals surface area contributed by atoms with Crippen LogP contribution in [-0.4, -0.2) is 9.97 Å². The van der Waals surface area contributed by atoms with E-state index in [1.165, 1.54) is 12.4 Å². The average molecular weight is 151 g/mol. The maximum atomic E-state index is 12.9. The van der Waals surface area contributed by atoms with Gasteiger partial charge in [0.05, 0.1) is 10.9 Å². The highest BCUT2D eigenvalue weighted by atomic mass is 19.1. The van der Waals surface area contributed by atoms with Crippen LogP contribution in [0, 0.1) is 5.82 Å². The summed E-state index contributed by atoms with van der Waals surface area (Å²) in [6.45, 7) is 0. The van der Waals surface area contributed by atoms with E-state index in [4.69, 9.17) is 5.73 Å². The lowest BCUT2D eigenvalue weighted by atomic mass is 10.3. The molecule has 0 aliphatic rings. The zero-order chi connectivity index (χ0) is 7.84. The molecule has 0 bridgehead atoms. The number of hydrogen-bond acceptors (Lipinski definition) is 2. The molecule has 0 aromatic carbocycles. The first kappa shape index (κ1) is 6.15. The number of aromatic nitrogens is 2. The molecular weight excluding hydrogens is 145 g/mol. The van der Waals surface area contributed by atoms with Crippen LogP contribution < -0.4 is 5.73 Å². The lowest BCUT2D eigenvalue weighted by Crippen LogP contribution is -1.89. The van der Waals surface area contributed by atoms with Gasteiger partial charge in [-0.2, -0.15) is 0 Å². The summed E-state index contributed by atoms with van der Waals surface area (Å²) in [5, 5.41) is 0.368. The molecule has 0 aliphatic heterocycles. The van der Waals surface area contributed by atoms with Crippen LogP contribution in [0.15, 0.2) is 18.5 Å². The molecule has 56 valence electrons. The number of H-pyrrole nitrogens is 1. The Morgan fingerprint density at radius 1 is 1.55 bits per heavy atom. The second kappa shape index (κ2) is 1.95. The molecule has 0 radical (unpaired) electrons. The number of nitrogen functional groups attached to an aromatic ring is 1. The van der Waals surface area contributed by atoms with Crippen LogP contribution in [-0.2, 0) is 0 Å². The van der Waals surface area contributed by atoms with Gasteiger partial charge in [-0.15, -0.1) is 0 Å². The van der Waals surface area contributed by atoms with Crippen molar-refractivity contribution in [2.24, 2.45) is 0 Å². The number of nitrogens with two attached hydrogens (primary N) is 1. The summed E-state index contributed by atoms with van der Waals surface area (Å²) in [6, 6.07) is 1.68. The van der Waals surface area contributed by atoms with Gasteiger partial charge < -0.3 is 10.7 Å². The number of aromatic amines is 1. The van der Waals surface area contributed by atoms with E-state index < -0.39 is 0 Å². The number of nitrogens with one attached hydrogen (secondary N) is 1. The molecule has 11 heavy (non-hydrogen) atoms. The van der Waals surface area contributed by atoms with Gasteiger partial charge in [0, 0.05) is 12.4 Å². The number of fused-ring (bicyclic) bond motifs is 1. The van der Waals surface area contributed by atoms with E-state index in [0.29, 0.717) is 10.9 Å². The fraction of sp³-hybridized carbons (Fsp3) is 0. The lowest BCUT2D eigenvalue weighted by molar-refractivity contribution is 0.639. The number of rotatable bonds is 0. The van der Waals surface area contributed by atoms with Crippen LogP contribution in [0.5, 0.6) is 0 Å². The number of hydrogen-bond donors (Lipinski definition) is 2. The predicted octanol–water partition coefficient (Wildman–Crippen LogP) is 1.28. The largest absolute Gasteiger partial charge is 0.383 e. The smallest absolute Gasteiger partial charge is 0.152 e.